The van der Waals surface area contributed by atoms with Gasteiger partial charge in [0.05, 0.1) is 19.8 Å². The number of carbonyl (C=O) groups is 4. The SMILES string of the molecule is CC(=O)OCOC(=O)N[C@@H](CSC(=O)OCc1oc(=O)oc1C)C(=O)OCCCN1CCOCC1. The average Bonchev–Trinajstić information content (AvgIpc) is 3.15. The Balaban J connectivity index is 1.81. The Morgan fingerprint density at radius 3 is 2.49 bits per heavy atom. The van der Waals surface area contributed by atoms with Crippen LogP contribution in [0.5, 0.6) is 0 Å². The number of aryl methyl sites for hydroxylation is 1. The summed E-state index contributed by atoms with van der Waals surface area (Å²) < 4.78 is 34.1. The fourth-order valence-corrected chi connectivity index (χ4v) is 3.39. The van der Waals surface area contributed by atoms with Crippen LogP contribution in [-0.4, -0.2) is 86.3 Å². The zero-order valence-electron chi connectivity index (χ0n) is 19.4. The number of morpholine rings is 1. The van der Waals surface area contributed by atoms with E-state index in [1.807, 2.05) is 0 Å². The predicted octanol–water partition coefficient (Wildman–Crippen LogP) is 0.792. The third-order valence-electron chi connectivity index (χ3n) is 4.52. The van der Waals surface area contributed by atoms with E-state index in [4.69, 9.17) is 18.6 Å². The highest BCUT2D eigenvalue weighted by Crippen LogP contribution is 2.13. The number of amides is 1. The van der Waals surface area contributed by atoms with Crippen molar-refractivity contribution in [2.24, 2.45) is 0 Å². The summed E-state index contributed by atoms with van der Waals surface area (Å²) in [6.07, 6.45) is -0.480. The molecule has 1 aliphatic rings. The number of hydrogen-bond acceptors (Lipinski definition) is 14. The largest absolute Gasteiger partial charge is 0.519 e. The zero-order chi connectivity index (χ0) is 25.6. The first kappa shape index (κ1) is 28.2. The summed E-state index contributed by atoms with van der Waals surface area (Å²) in [4.78, 5) is 60.5. The van der Waals surface area contributed by atoms with Gasteiger partial charge in [-0.15, -0.1) is 0 Å². The molecule has 15 heteroatoms. The van der Waals surface area contributed by atoms with Gasteiger partial charge in [-0.05, 0) is 25.1 Å². The number of thioether (sulfide) groups is 1. The van der Waals surface area contributed by atoms with Gasteiger partial charge in [0, 0.05) is 32.3 Å². The summed E-state index contributed by atoms with van der Waals surface area (Å²) in [5, 5.41) is 1.47. The normalized spacial score (nSPS) is 14.6. The maximum atomic E-state index is 12.5. The Hall–Kier alpha value is -3.04. The van der Waals surface area contributed by atoms with Crippen molar-refractivity contribution < 1.29 is 51.7 Å². The van der Waals surface area contributed by atoms with Crippen LogP contribution in [-0.2, 0) is 39.9 Å². The molecule has 2 rings (SSSR count). The molecule has 0 bridgehead atoms. The van der Waals surface area contributed by atoms with E-state index in [0.29, 0.717) is 37.9 Å². The summed E-state index contributed by atoms with van der Waals surface area (Å²) in [6.45, 7) is 5.33. The molecule has 35 heavy (non-hydrogen) atoms. The van der Waals surface area contributed by atoms with E-state index in [1.54, 1.807) is 0 Å². The first-order chi connectivity index (χ1) is 16.7. The van der Waals surface area contributed by atoms with Gasteiger partial charge in [0.1, 0.15) is 6.04 Å². The molecule has 1 amide bonds. The molecule has 1 aromatic rings. The van der Waals surface area contributed by atoms with Gasteiger partial charge in [0.2, 0.25) is 6.79 Å². The van der Waals surface area contributed by atoms with E-state index >= 15 is 0 Å². The molecule has 196 valence electrons. The van der Waals surface area contributed by atoms with Gasteiger partial charge in [-0.1, -0.05) is 0 Å². The molecular formula is C20H28N2O12S. The van der Waals surface area contributed by atoms with E-state index in [9.17, 15) is 24.0 Å². The highest BCUT2D eigenvalue weighted by Gasteiger charge is 2.25. The van der Waals surface area contributed by atoms with Crippen LogP contribution in [0, 0.1) is 6.92 Å². The molecule has 1 atom stereocenters. The summed E-state index contributed by atoms with van der Waals surface area (Å²) >= 11 is 0.587. The number of ether oxygens (including phenoxy) is 5. The molecule has 0 spiro atoms. The van der Waals surface area contributed by atoms with Crippen LogP contribution in [0.25, 0.3) is 0 Å². The number of nitrogens with one attached hydrogen (secondary N) is 1. The third-order valence-corrected chi connectivity index (χ3v) is 5.37. The summed E-state index contributed by atoms with van der Waals surface area (Å²) in [5.41, 5.74) is 0. The van der Waals surface area contributed by atoms with Crippen LogP contribution in [0.15, 0.2) is 13.6 Å². The van der Waals surface area contributed by atoms with Crippen molar-refractivity contribution in [1.82, 2.24) is 10.2 Å². The van der Waals surface area contributed by atoms with Gasteiger partial charge in [0.25, 0.3) is 0 Å². The second-order valence-electron chi connectivity index (χ2n) is 7.14. The van der Waals surface area contributed by atoms with Gasteiger partial charge in [-0.25, -0.2) is 19.2 Å². The highest BCUT2D eigenvalue weighted by molar-refractivity contribution is 8.13. The average molecular weight is 521 g/mol. The van der Waals surface area contributed by atoms with Crippen LogP contribution in [0.3, 0.4) is 0 Å². The van der Waals surface area contributed by atoms with Gasteiger partial charge in [-0.3, -0.25) is 9.69 Å². The quantitative estimate of drug-likeness (QED) is 0.177. The van der Waals surface area contributed by atoms with E-state index in [2.05, 4.69) is 24.1 Å². The minimum Gasteiger partial charge on any atom is -0.464 e. The van der Waals surface area contributed by atoms with Crippen LogP contribution in [0.4, 0.5) is 9.59 Å². The molecule has 0 radical (unpaired) electrons. The van der Waals surface area contributed by atoms with Crippen molar-refractivity contribution in [2.45, 2.75) is 32.9 Å². The van der Waals surface area contributed by atoms with Crippen LogP contribution < -0.4 is 11.1 Å². The van der Waals surface area contributed by atoms with Crippen molar-refractivity contribution in [1.29, 1.82) is 0 Å². The molecule has 1 N–H and O–H groups in total. The number of nitrogens with zero attached hydrogens (tertiary/aromatic N) is 1. The number of esters is 2. The molecule has 1 aliphatic heterocycles. The lowest BCUT2D eigenvalue weighted by atomic mass is 10.3. The molecule has 1 fully saturated rings. The van der Waals surface area contributed by atoms with Gasteiger partial charge in [0.15, 0.2) is 18.1 Å². The molecule has 1 aromatic heterocycles. The summed E-state index contributed by atoms with van der Waals surface area (Å²) in [5.74, 6) is -2.38. The Morgan fingerprint density at radius 1 is 1.09 bits per heavy atom. The van der Waals surface area contributed by atoms with Crippen molar-refractivity contribution in [3.8, 4) is 0 Å². The van der Waals surface area contributed by atoms with Crippen molar-refractivity contribution in [3.63, 3.8) is 0 Å². The predicted molar refractivity (Wildman–Crippen MR) is 117 cm³/mol. The molecular weight excluding hydrogens is 492 g/mol. The highest BCUT2D eigenvalue weighted by atomic mass is 32.2. The lowest BCUT2D eigenvalue weighted by molar-refractivity contribution is -0.150. The third kappa shape index (κ3) is 11.3. The van der Waals surface area contributed by atoms with Crippen LogP contribution >= 0.6 is 11.8 Å². The number of alkyl carbamates (subject to hydrolysis) is 1. The Bertz CT molecular complexity index is 908. The van der Waals surface area contributed by atoms with Crippen LogP contribution in [0.2, 0.25) is 0 Å². The van der Waals surface area contributed by atoms with Gasteiger partial charge in [-0.2, -0.15) is 0 Å². The molecule has 2 heterocycles. The number of hydrogen-bond donors (Lipinski definition) is 1. The smallest absolute Gasteiger partial charge is 0.464 e. The van der Waals surface area contributed by atoms with Gasteiger partial charge < -0.3 is 37.8 Å². The fourth-order valence-electron chi connectivity index (χ4n) is 2.73. The fraction of sp³-hybridized carbons (Fsp3) is 0.650. The molecule has 0 aromatic carbocycles. The Labute approximate surface area is 204 Å². The molecule has 1 saturated heterocycles. The Kier molecular flexibility index (Phi) is 12.1. The maximum Gasteiger partial charge on any atom is 0.519 e. The monoisotopic (exact) mass is 520 g/mol. The minimum absolute atomic E-state index is 0.0485. The Morgan fingerprint density at radius 2 is 1.83 bits per heavy atom. The van der Waals surface area contributed by atoms with Gasteiger partial charge >= 0.3 is 29.2 Å². The molecule has 14 nitrogen and oxygen atoms in total. The molecule has 0 unspecified atom stereocenters. The topological polar surface area (TPSA) is 173 Å². The van der Waals surface area contributed by atoms with E-state index in [-0.39, 0.29) is 30.5 Å². The van der Waals surface area contributed by atoms with Crippen LogP contribution in [0.1, 0.15) is 24.9 Å². The summed E-state index contributed by atoms with van der Waals surface area (Å²) in [7, 11) is 0. The summed E-state index contributed by atoms with van der Waals surface area (Å²) in [6, 6.07) is -1.26. The lowest BCUT2D eigenvalue weighted by Crippen LogP contribution is -2.44. The van der Waals surface area contributed by atoms with Crippen molar-refractivity contribution in [3.05, 3.63) is 22.1 Å². The zero-order valence-corrected chi connectivity index (χ0v) is 20.2. The standard InChI is InChI=1S/C20H28N2O12S/c1-13-16(34-19(26)33-13)10-30-20(27)35-11-15(21-18(25)32-12-31-14(2)23)17(24)29-7-3-4-22-5-8-28-9-6-22/h15H,3-12H2,1-2H3,(H,21,25)/t15-/m0/s1. The first-order valence-corrected chi connectivity index (χ1v) is 11.7. The second kappa shape index (κ2) is 15.1. The van der Waals surface area contributed by atoms with Crippen molar-refractivity contribution in [2.75, 3.05) is 52.0 Å². The lowest BCUT2D eigenvalue weighted by Gasteiger charge is -2.26. The van der Waals surface area contributed by atoms with E-state index in [1.165, 1.54) is 6.92 Å². The van der Waals surface area contributed by atoms with E-state index in [0.717, 1.165) is 20.0 Å². The molecule has 0 saturated carbocycles. The second-order valence-corrected chi connectivity index (χ2v) is 8.10. The molecule has 0 aliphatic carbocycles. The maximum absolute atomic E-state index is 12.5. The van der Waals surface area contributed by atoms with E-state index < -0.39 is 42.0 Å². The van der Waals surface area contributed by atoms with Crippen molar-refractivity contribution >= 4 is 35.1 Å². The minimum atomic E-state index is -1.26. The number of carbonyl (C=O) groups excluding carboxylic acids is 4. The first-order valence-electron chi connectivity index (χ1n) is 10.7. The number of rotatable bonds is 12.